The lowest BCUT2D eigenvalue weighted by atomic mass is 9.99. The molecule has 2 aliphatic heterocycles. The molecule has 190 valence electrons. The molecule has 2 aromatic heterocycles. The predicted octanol–water partition coefficient (Wildman–Crippen LogP) is 3.86. The number of aromatic nitrogens is 3. The average molecular weight is 516 g/mol. The topological polar surface area (TPSA) is 125 Å². The highest BCUT2D eigenvalue weighted by molar-refractivity contribution is 6.33. The molecule has 36 heavy (non-hydrogen) atoms. The van der Waals surface area contributed by atoms with Crippen molar-refractivity contribution >= 4 is 28.5 Å². The zero-order chi connectivity index (χ0) is 25.9. The van der Waals surface area contributed by atoms with Crippen molar-refractivity contribution in [1.29, 1.82) is 5.26 Å². The fraction of sp³-hybridized carbons (Fsp3) is 0.480. The van der Waals surface area contributed by atoms with E-state index >= 15 is 4.39 Å². The molecule has 0 saturated carbocycles. The SMILES string of the molecule is CC(C)n1c(C(C)(C)O)c(C#N)c2c(F)cc(-c3nc(NC4C[C@@H]5OC[C@@H](O5)[C@H]4O)ncc3Cl)cc21. The van der Waals surface area contributed by atoms with Crippen LogP contribution in [0, 0.1) is 17.1 Å². The minimum atomic E-state index is -1.38. The maximum Gasteiger partial charge on any atom is 0.223 e. The highest BCUT2D eigenvalue weighted by Crippen LogP contribution is 2.40. The second-order valence-corrected chi connectivity index (χ2v) is 10.4. The number of nitriles is 1. The van der Waals surface area contributed by atoms with E-state index in [1.54, 1.807) is 24.5 Å². The van der Waals surface area contributed by atoms with Crippen molar-refractivity contribution in [3.05, 3.63) is 40.4 Å². The van der Waals surface area contributed by atoms with Crippen molar-refractivity contribution in [1.82, 2.24) is 14.5 Å². The number of fused-ring (bicyclic) bond motifs is 3. The number of aliphatic hydroxyl groups is 2. The van der Waals surface area contributed by atoms with Gasteiger partial charge in [0.15, 0.2) is 6.29 Å². The van der Waals surface area contributed by atoms with Crippen molar-refractivity contribution in [2.45, 2.75) is 70.3 Å². The van der Waals surface area contributed by atoms with Crippen LogP contribution in [-0.2, 0) is 15.1 Å². The molecule has 1 unspecified atom stereocenters. The predicted molar refractivity (Wildman–Crippen MR) is 131 cm³/mol. The van der Waals surface area contributed by atoms with Gasteiger partial charge >= 0.3 is 0 Å². The highest BCUT2D eigenvalue weighted by Gasteiger charge is 2.43. The number of hydrogen-bond acceptors (Lipinski definition) is 8. The summed E-state index contributed by atoms with van der Waals surface area (Å²) in [5, 5.41) is 34.7. The molecule has 4 atom stereocenters. The van der Waals surface area contributed by atoms with E-state index in [2.05, 4.69) is 21.4 Å². The first-order valence-electron chi connectivity index (χ1n) is 11.7. The molecule has 0 aliphatic carbocycles. The van der Waals surface area contributed by atoms with Crippen molar-refractivity contribution in [2.75, 3.05) is 11.9 Å². The van der Waals surface area contributed by atoms with Gasteiger partial charge in [-0.15, -0.1) is 0 Å². The van der Waals surface area contributed by atoms with E-state index < -0.39 is 36.0 Å². The number of halogens is 2. The van der Waals surface area contributed by atoms with Gasteiger partial charge in [-0.2, -0.15) is 5.26 Å². The maximum atomic E-state index is 15.6. The number of aliphatic hydroxyl groups excluding tert-OH is 1. The van der Waals surface area contributed by atoms with Gasteiger partial charge in [-0.3, -0.25) is 0 Å². The van der Waals surface area contributed by atoms with Crippen LogP contribution in [0.1, 0.15) is 51.4 Å². The Kier molecular flexibility index (Phi) is 6.17. The fourth-order valence-electron chi connectivity index (χ4n) is 5.11. The average Bonchev–Trinajstić information content (AvgIpc) is 3.38. The molecule has 9 nitrogen and oxygen atoms in total. The van der Waals surface area contributed by atoms with Crippen LogP contribution in [0.25, 0.3) is 22.2 Å². The van der Waals surface area contributed by atoms with E-state index in [1.807, 2.05) is 13.8 Å². The van der Waals surface area contributed by atoms with Crippen LogP contribution in [0.2, 0.25) is 5.02 Å². The molecule has 2 saturated heterocycles. The molecule has 3 N–H and O–H groups in total. The van der Waals surface area contributed by atoms with Gasteiger partial charge in [-0.1, -0.05) is 11.6 Å². The summed E-state index contributed by atoms with van der Waals surface area (Å²) in [4.78, 5) is 8.76. The second kappa shape index (κ2) is 8.94. The summed E-state index contributed by atoms with van der Waals surface area (Å²) in [7, 11) is 0. The molecule has 4 heterocycles. The Balaban J connectivity index is 1.61. The minimum absolute atomic E-state index is 0.0942. The molecule has 1 aromatic carbocycles. The zero-order valence-corrected chi connectivity index (χ0v) is 21.0. The maximum absolute atomic E-state index is 15.6. The van der Waals surface area contributed by atoms with Crippen LogP contribution in [0.5, 0.6) is 0 Å². The van der Waals surface area contributed by atoms with E-state index in [9.17, 15) is 15.5 Å². The molecule has 11 heteroatoms. The summed E-state index contributed by atoms with van der Waals surface area (Å²) < 4.78 is 28.4. The summed E-state index contributed by atoms with van der Waals surface area (Å²) in [5.74, 6) is -0.406. The van der Waals surface area contributed by atoms with Crippen LogP contribution < -0.4 is 5.32 Å². The summed E-state index contributed by atoms with van der Waals surface area (Å²) in [6, 6.07) is 4.50. The largest absolute Gasteiger partial charge is 0.388 e. The first kappa shape index (κ1) is 24.9. The Hall–Kier alpha value is -2.81. The Morgan fingerprint density at radius 1 is 1.36 bits per heavy atom. The number of rotatable bonds is 5. The third kappa shape index (κ3) is 4.11. The first-order chi connectivity index (χ1) is 17.0. The standard InChI is InChI=1S/C25H27ClFN5O4/c1-11(2)32-17-6-12(5-15(27)20(17)13(8-28)23(32)25(3,4)34)21-14(26)9-29-24(31-21)30-16-7-19-35-10-18(36-19)22(16)33/h5-6,9,11,16,18-19,22,33-34H,7,10H2,1-4H3,(H,29,30,31)/t16?,18-,19-,22+/m1/s1. The zero-order valence-electron chi connectivity index (χ0n) is 20.3. The van der Waals surface area contributed by atoms with Gasteiger partial charge in [0.05, 0.1) is 51.7 Å². The van der Waals surface area contributed by atoms with E-state index in [0.717, 1.165) is 0 Å². The Labute approximate surface area is 212 Å². The van der Waals surface area contributed by atoms with Crippen LogP contribution >= 0.6 is 11.6 Å². The molecule has 2 bridgehead atoms. The lowest BCUT2D eigenvalue weighted by molar-refractivity contribution is -0.123. The summed E-state index contributed by atoms with van der Waals surface area (Å²) >= 11 is 6.44. The van der Waals surface area contributed by atoms with Gasteiger partial charge in [0.25, 0.3) is 0 Å². The normalized spacial score (nSPS) is 23.9. The monoisotopic (exact) mass is 515 g/mol. The number of ether oxygens (including phenoxy) is 2. The van der Waals surface area contributed by atoms with Crippen molar-refractivity contribution in [2.24, 2.45) is 0 Å². The number of anilines is 1. The van der Waals surface area contributed by atoms with Gasteiger partial charge in [0.2, 0.25) is 5.95 Å². The molecule has 2 fully saturated rings. The van der Waals surface area contributed by atoms with Crippen molar-refractivity contribution in [3.63, 3.8) is 0 Å². The van der Waals surface area contributed by atoms with E-state index in [0.29, 0.717) is 29.8 Å². The van der Waals surface area contributed by atoms with Gasteiger partial charge in [0, 0.05) is 18.0 Å². The highest BCUT2D eigenvalue weighted by atomic mass is 35.5. The Morgan fingerprint density at radius 2 is 2.11 bits per heavy atom. The summed E-state index contributed by atoms with van der Waals surface area (Å²) in [5.41, 5.74) is 0.182. The lowest BCUT2D eigenvalue weighted by Crippen LogP contribution is -2.48. The molecule has 0 spiro atoms. The van der Waals surface area contributed by atoms with Crippen LogP contribution in [0.3, 0.4) is 0 Å². The van der Waals surface area contributed by atoms with E-state index in [4.69, 9.17) is 21.1 Å². The van der Waals surface area contributed by atoms with Gasteiger partial charge in [0.1, 0.15) is 29.7 Å². The lowest BCUT2D eigenvalue weighted by Gasteiger charge is -2.32. The molecule has 5 rings (SSSR count). The number of benzene rings is 1. The number of nitrogens with zero attached hydrogens (tertiary/aromatic N) is 4. The smallest absolute Gasteiger partial charge is 0.223 e. The molecule has 0 radical (unpaired) electrons. The number of hydrogen-bond donors (Lipinski definition) is 3. The van der Waals surface area contributed by atoms with Crippen LogP contribution in [-0.4, -0.2) is 55.9 Å². The molecule has 2 aliphatic rings. The van der Waals surface area contributed by atoms with Crippen LogP contribution in [0.15, 0.2) is 18.3 Å². The molecular formula is C25H27ClFN5O4. The van der Waals surface area contributed by atoms with Crippen molar-refractivity contribution < 1.29 is 24.1 Å². The quantitative estimate of drug-likeness (QED) is 0.468. The van der Waals surface area contributed by atoms with Gasteiger partial charge < -0.3 is 29.6 Å². The van der Waals surface area contributed by atoms with Gasteiger partial charge in [-0.25, -0.2) is 14.4 Å². The fourth-order valence-corrected chi connectivity index (χ4v) is 5.31. The van der Waals surface area contributed by atoms with Crippen LogP contribution in [0.4, 0.5) is 10.3 Å². The first-order valence-corrected chi connectivity index (χ1v) is 12.1. The van der Waals surface area contributed by atoms with Gasteiger partial charge in [-0.05, 0) is 39.8 Å². The molecular weight excluding hydrogens is 489 g/mol. The Bertz CT molecular complexity index is 1380. The Morgan fingerprint density at radius 3 is 2.78 bits per heavy atom. The third-order valence-electron chi connectivity index (χ3n) is 6.61. The van der Waals surface area contributed by atoms with E-state index in [1.165, 1.54) is 12.3 Å². The molecule has 3 aromatic rings. The summed E-state index contributed by atoms with van der Waals surface area (Å²) in [6.45, 7) is 7.26. The summed E-state index contributed by atoms with van der Waals surface area (Å²) in [6.07, 6.45) is 0.197. The van der Waals surface area contributed by atoms with E-state index in [-0.39, 0.29) is 33.7 Å². The minimum Gasteiger partial charge on any atom is -0.388 e. The number of nitrogens with one attached hydrogen (secondary N) is 1. The van der Waals surface area contributed by atoms with Crippen molar-refractivity contribution in [3.8, 4) is 17.3 Å². The second-order valence-electron chi connectivity index (χ2n) is 10.0. The molecule has 0 amide bonds. The third-order valence-corrected chi connectivity index (χ3v) is 6.89.